The lowest BCUT2D eigenvalue weighted by Gasteiger charge is -2.18. The number of anilines is 2. The van der Waals surface area contributed by atoms with E-state index >= 15 is 0 Å². The third-order valence-electron chi connectivity index (χ3n) is 3.64. The van der Waals surface area contributed by atoms with Crippen molar-refractivity contribution in [1.82, 2.24) is 9.97 Å². The van der Waals surface area contributed by atoms with Gasteiger partial charge in [-0.05, 0) is 39.5 Å². The van der Waals surface area contributed by atoms with E-state index in [1.165, 1.54) is 12.8 Å². The van der Waals surface area contributed by atoms with Crippen molar-refractivity contribution in [1.29, 1.82) is 0 Å². The van der Waals surface area contributed by atoms with Gasteiger partial charge in [-0.25, -0.2) is 9.97 Å². The van der Waals surface area contributed by atoms with Crippen LogP contribution in [0.3, 0.4) is 0 Å². The molecule has 1 unspecified atom stereocenters. The molecule has 19 heavy (non-hydrogen) atoms. The van der Waals surface area contributed by atoms with E-state index < -0.39 is 0 Å². The lowest BCUT2D eigenvalue weighted by molar-refractivity contribution is 0.753. The van der Waals surface area contributed by atoms with Gasteiger partial charge < -0.3 is 10.6 Å². The van der Waals surface area contributed by atoms with Crippen LogP contribution in [0.1, 0.15) is 63.8 Å². The van der Waals surface area contributed by atoms with Gasteiger partial charge in [-0.1, -0.05) is 13.8 Å². The molecule has 4 heteroatoms. The molecule has 0 aromatic carbocycles. The Morgan fingerprint density at radius 1 is 1.21 bits per heavy atom. The fraction of sp³-hybridized carbons (Fsp3) is 0.733. The van der Waals surface area contributed by atoms with Crippen LogP contribution in [0.4, 0.5) is 11.6 Å². The Bertz CT molecular complexity index is 426. The van der Waals surface area contributed by atoms with Crippen LogP contribution in [0, 0.1) is 6.92 Å². The first-order chi connectivity index (χ1) is 9.15. The third kappa shape index (κ3) is 3.58. The molecule has 1 saturated carbocycles. The van der Waals surface area contributed by atoms with Crippen molar-refractivity contribution in [3.8, 4) is 0 Å². The van der Waals surface area contributed by atoms with Gasteiger partial charge in [-0.15, -0.1) is 0 Å². The molecule has 2 rings (SSSR count). The maximum Gasteiger partial charge on any atom is 0.136 e. The van der Waals surface area contributed by atoms with Crippen molar-refractivity contribution in [3.05, 3.63) is 11.4 Å². The van der Waals surface area contributed by atoms with Crippen LogP contribution < -0.4 is 10.6 Å². The number of hydrogen-bond acceptors (Lipinski definition) is 4. The molecule has 4 nitrogen and oxygen atoms in total. The molecule has 1 aliphatic rings. The van der Waals surface area contributed by atoms with Gasteiger partial charge in [0.05, 0.1) is 0 Å². The zero-order valence-electron chi connectivity index (χ0n) is 12.6. The normalized spacial score (nSPS) is 16.2. The summed E-state index contributed by atoms with van der Waals surface area (Å²) in [4.78, 5) is 9.43. The second-order valence-corrected chi connectivity index (χ2v) is 5.56. The Hall–Kier alpha value is -1.32. The highest BCUT2D eigenvalue weighted by Gasteiger charge is 2.28. The minimum Gasteiger partial charge on any atom is -0.370 e. The van der Waals surface area contributed by atoms with Crippen molar-refractivity contribution in [2.24, 2.45) is 0 Å². The van der Waals surface area contributed by atoms with E-state index in [9.17, 15) is 0 Å². The molecule has 0 spiro atoms. The lowest BCUT2D eigenvalue weighted by Crippen LogP contribution is -2.18. The highest BCUT2D eigenvalue weighted by Crippen LogP contribution is 2.39. The second-order valence-electron chi connectivity index (χ2n) is 5.56. The Morgan fingerprint density at radius 3 is 2.47 bits per heavy atom. The standard InChI is InChI=1S/C15H26N4/c1-5-9-16-13-11(4)14(17-10(3)6-2)19-15(18-13)12-7-8-12/h10,12H,5-9H2,1-4H3,(H2,16,17,18,19). The molecule has 0 aliphatic heterocycles. The first-order valence-corrected chi connectivity index (χ1v) is 7.54. The zero-order valence-corrected chi connectivity index (χ0v) is 12.6. The molecular formula is C15H26N4. The topological polar surface area (TPSA) is 49.8 Å². The largest absolute Gasteiger partial charge is 0.370 e. The highest BCUT2D eigenvalue weighted by atomic mass is 15.1. The molecule has 1 aromatic rings. The number of hydrogen-bond donors (Lipinski definition) is 2. The molecule has 0 radical (unpaired) electrons. The van der Waals surface area contributed by atoms with Gasteiger partial charge in [-0.3, -0.25) is 0 Å². The molecule has 1 aliphatic carbocycles. The van der Waals surface area contributed by atoms with Gasteiger partial charge in [0.15, 0.2) is 0 Å². The maximum absolute atomic E-state index is 4.73. The summed E-state index contributed by atoms with van der Waals surface area (Å²) >= 11 is 0. The molecule has 0 amide bonds. The molecule has 106 valence electrons. The van der Waals surface area contributed by atoms with E-state index in [1.54, 1.807) is 0 Å². The van der Waals surface area contributed by atoms with Crippen LogP contribution in [0.15, 0.2) is 0 Å². The number of aromatic nitrogens is 2. The van der Waals surface area contributed by atoms with Crippen LogP contribution in [-0.4, -0.2) is 22.6 Å². The van der Waals surface area contributed by atoms with Crippen molar-refractivity contribution in [2.75, 3.05) is 17.2 Å². The molecule has 1 atom stereocenters. The van der Waals surface area contributed by atoms with E-state index in [0.717, 1.165) is 42.4 Å². The Balaban J connectivity index is 2.25. The van der Waals surface area contributed by atoms with Crippen LogP contribution in [0.5, 0.6) is 0 Å². The van der Waals surface area contributed by atoms with Crippen molar-refractivity contribution in [2.45, 2.75) is 65.3 Å². The summed E-state index contributed by atoms with van der Waals surface area (Å²) < 4.78 is 0. The van der Waals surface area contributed by atoms with Crippen LogP contribution in [0.2, 0.25) is 0 Å². The highest BCUT2D eigenvalue weighted by molar-refractivity contribution is 5.58. The summed E-state index contributed by atoms with van der Waals surface area (Å²) in [6, 6.07) is 0.444. The van der Waals surface area contributed by atoms with Gasteiger partial charge in [0.25, 0.3) is 0 Å². The molecule has 1 fully saturated rings. The molecular weight excluding hydrogens is 236 g/mol. The summed E-state index contributed by atoms with van der Waals surface area (Å²) in [5, 5.41) is 6.93. The summed E-state index contributed by atoms with van der Waals surface area (Å²) in [6.07, 6.45) is 4.67. The molecule has 0 saturated heterocycles. The number of nitrogens with zero attached hydrogens (tertiary/aromatic N) is 2. The van der Waals surface area contributed by atoms with Gasteiger partial charge in [0, 0.05) is 24.1 Å². The van der Waals surface area contributed by atoms with Crippen molar-refractivity contribution in [3.63, 3.8) is 0 Å². The summed E-state index contributed by atoms with van der Waals surface area (Å²) in [7, 11) is 0. The first-order valence-electron chi connectivity index (χ1n) is 7.54. The Morgan fingerprint density at radius 2 is 1.89 bits per heavy atom. The van der Waals surface area contributed by atoms with E-state index in [0.29, 0.717) is 12.0 Å². The van der Waals surface area contributed by atoms with Gasteiger partial charge in [-0.2, -0.15) is 0 Å². The van der Waals surface area contributed by atoms with Gasteiger partial charge in [0.1, 0.15) is 17.5 Å². The molecule has 2 N–H and O–H groups in total. The fourth-order valence-electron chi connectivity index (χ4n) is 1.95. The fourth-order valence-corrected chi connectivity index (χ4v) is 1.95. The van der Waals surface area contributed by atoms with Crippen molar-refractivity contribution < 1.29 is 0 Å². The van der Waals surface area contributed by atoms with E-state index in [2.05, 4.69) is 38.3 Å². The first kappa shape index (κ1) is 14.1. The van der Waals surface area contributed by atoms with E-state index in [1.807, 2.05) is 0 Å². The van der Waals surface area contributed by atoms with E-state index in [-0.39, 0.29) is 0 Å². The maximum atomic E-state index is 4.73. The summed E-state index contributed by atoms with van der Waals surface area (Å²) in [6.45, 7) is 9.61. The van der Waals surface area contributed by atoms with Gasteiger partial charge >= 0.3 is 0 Å². The molecule has 1 heterocycles. The molecule has 1 aromatic heterocycles. The SMILES string of the molecule is CCCNc1nc(C2CC2)nc(NC(C)CC)c1C. The Kier molecular flexibility index (Phi) is 4.61. The minimum atomic E-state index is 0.444. The third-order valence-corrected chi connectivity index (χ3v) is 3.64. The molecule has 0 bridgehead atoms. The summed E-state index contributed by atoms with van der Waals surface area (Å²) in [5.74, 6) is 3.60. The van der Waals surface area contributed by atoms with Crippen LogP contribution in [0.25, 0.3) is 0 Å². The smallest absolute Gasteiger partial charge is 0.136 e. The number of rotatable bonds is 7. The zero-order chi connectivity index (χ0) is 13.8. The quantitative estimate of drug-likeness (QED) is 0.786. The average molecular weight is 262 g/mol. The van der Waals surface area contributed by atoms with Gasteiger partial charge in [0.2, 0.25) is 0 Å². The predicted molar refractivity (Wildman–Crippen MR) is 80.9 cm³/mol. The number of nitrogens with one attached hydrogen (secondary N) is 2. The predicted octanol–water partition coefficient (Wildman–Crippen LogP) is 3.69. The monoisotopic (exact) mass is 262 g/mol. The van der Waals surface area contributed by atoms with Crippen LogP contribution >= 0.6 is 0 Å². The second kappa shape index (κ2) is 6.22. The Labute approximate surface area is 116 Å². The lowest BCUT2D eigenvalue weighted by atomic mass is 10.2. The van der Waals surface area contributed by atoms with E-state index in [4.69, 9.17) is 9.97 Å². The average Bonchev–Trinajstić information content (AvgIpc) is 3.23. The van der Waals surface area contributed by atoms with Crippen molar-refractivity contribution >= 4 is 11.6 Å². The van der Waals surface area contributed by atoms with Crippen LogP contribution in [-0.2, 0) is 0 Å². The minimum absolute atomic E-state index is 0.444. The summed E-state index contributed by atoms with van der Waals surface area (Å²) in [5.41, 5.74) is 1.14.